The van der Waals surface area contributed by atoms with E-state index in [1.54, 1.807) is 0 Å². The van der Waals surface area contributed by atoms with Crippen molar-refractivity contribution in [3.63, 3.8) is 0 Å². The lowest BCUT2D eigenvalue weighted by Crippen LogP contribution is -2.54. The summed E-state index contributed by atoms with van der Waals surface area (Å²) in [6.45, 7) is 6.52. The van der Waals surface area contributed by atoms with Gasteiger partial charge in [0.15, 0.2) is 0 Å². The van der Waals surface area contributed by atoms with Crippen molar-refractivity contribution < 1.29 is 4.21 Å². The highest BCUT2D eigenvalue weighted by molar-refractivity contribution is 7.85. The number of hydrogen-bond acceptors (Lipinski definition) is 3. The average molecular weight is 230 g/mol. The smallest absolute Gasteiger partial charge is 0.0363 e. The molecule has 1 aliphatic carbocycles. The first-order chi connectivity index (χ1) is 7.31. The molecule has 15 heavy (non-hydrogen) atoms. The largest absolute Gasteiger partial charge is 0.317 e. The highest BCUT2D eigenvalue weighted by Crippen LogP contribution is 2.32. The molecule has 0 aromatic rings. The molecule has 0 aromatic carbocycles. The molecule has 4 heteroatoms. The maximum absolute atomic E-state index is 11.3. The molecule has 0 aromatic heterocycles. The SMILES string of the molecule is CCNCC1CCC1N1CCS(=O)CC1. The van der Waals surface area contributed by atoms with E-state index in [4.69, 9.17) is 0 Å². The van der Waals surface area contributed by atoms with Crippen LogP contribution in [-0.2, 0) is 10.8 Å². The molecular formula is C11H22N2OS. The molecule has 0 radical (unpaired) electrons. The van der Waals surface area contributed by atoms with E-state index in [2.05, 4.69) is 17.1 Å². The van der Waals surface area contributed by atoms with Crippen molar-refractivity contribution in [2.24, 2.45) is 5.92 Å². The Bertz CT molecular complexity index is 225. The van der Waals surface area contributed by atoms with E-state index in [-0.39, 0.29) is 0 Å². The second kappa shape index (κ2) is 5.41. The molecule has 88 valence electrons. The molecule has 3 nitrogen and oxygen atoms in total. The Kier molecular flexibility index (Phi) is 4.17. The van der Waals surface area contributed by atoms with Gasteiger partial charge in [-0.25, -0.2) is 0 Å². The molecule has 2 rings (SSSR count). The standard InChI is InChI=1S/C11H22N2OS/c1-2-12-9-10-3-4-11(10)13-5-7-15(14)8-6-13/h10-12H,2-9H2,1H3. The molecule has 1 saturated carbocycles. The molecule has 2 unspecified atom stereocenters. The normalized spacial score (nSPS) is 33.9. The summed E-state index contributed by atoms with van der Waals surface area (Å²) in [5.74, 6) is 2.63. The summed E-state index contributed by atoms with van der Waals surface area (Å²) in [4.78, 5) is 2.56. The van der Waals surface area contributed by atoms with Crippen molar-refractivity contribution in [3.05, 3.63) is 0 Å². The molecule has 1 N–H and O–H groups in total. The fourth-order valence-corrected chi connectivity index (χ4v) is 3.66. The van der Waals surface area contributed by atoms with Crippen molar-refractivity contribution in [1.82, 2.24) is 10.2 Å². The number of rotatable bonds is 4. The Labute approximate surface area is 95.1 Å². The minimum atomic E-state index is -0.529. The Morgan fingerprint density at radius 1 is 1.33 bits per heavy atom. The molecule has 0 amide bonds. The van der Waals surface area contributed by atoms with Crippen LogP contribution in [0.3, 0.4) is 0 Å². The van der Waals surface area contributed by atoms with Gasteiger partial charge in [0, 0.05) is 41.4 Å². The summed E-state index contributed by atoms with van der Waals surface area (Å²) in [6.07, 6.45) is 2.72. The molecule has 1 aliphatic heterocycles. The van der Waals surface area contributed by atoms with Crippen molar-refractivity contribution >= 4 is 10.8 Å². The van der Waals surface area contributed by atoms with E-state index < -0.39 is 10.8 Å². The predicted octanol–water partition coefficient (Wildman–Crippen LogP) is 0.439. The first kappa shape index (κ1) is 11.6. The zero-order valence-electron chi connectivity index (χ0n) is 9.58. The predicted molar refractivity (Wildman–Crippen MR) is 64.5 cm³/mol. The van der Waals surface area contributed by atoms with Gasteiger partial charge in [0.05, 0.1) is 0 Å². The van der Waals surface area contributed by atoms with Crippen LogP contribution in [0, 0.1) is 5.92 Å². The number of nitrogens with zero attached hydrogens (tertiary/aromatic N) is 1. The number of hydrogen-bond donors (Lipinski definition) is 1. The topological polar surface area (TPSA) is 32.3 Å². The molecule has 2 aliphatic rings. The molecule has 1 saturated heterocycles. The van der Waals surface area contributed by atoms with Crippen LogP contribution < -0.4 is 5.32 Å². The van der Waals surface area contributed by atoms with Gasteiger partial charge in [0.25, 0.3) is 0 Å². The third-order valence-corrected chi connectivity index (χ3v) is 4.99. The highest BCUT2D eigenvalue weighted by atomic mass is 32.2. The van der Waals surface area contributed by atoms with Crippen LogP contribution in [0.1, 0.15) is 19.8 Å². The van der Waals surface area contributed by atoms with Gasteiger partial charge in [-0.05, 0) is 31.8 Å². The van der Waals surface area contributed by atoms with Crippen LogP contribution in [0.5, 0.6) is 0 Å². The Balaban J connectivity index is 1.76. The maximum atomic E-state index is 11.3. The average Bonchev–Trinajstić information content (AvgIpc) is 2.20. The first-order valence-electron chi connectivity index (χ1n) is 6.11. The van der Waals surface area contributed by atoms with Gasteiger partial charge in [0.1, 0.15) is 0 Å². The molecule has 0 spiro atoms. The van der Waals surface area contributed by atoms with Gasteiger partial charge in [0.2, 0.25) is 0 Å². The summed E-state index contributed by atoms with van der Waals surface area (Å²) < 4.78 is 11.3. The van der Waals surface area contributed by atoms with Gasteiger partial charge in [-0.1, -0.05) is 6.92 Å². The second-order valence-electron chi connectivity index (χ2n) is 4.60. The zero-order valence-corrected chi connectivity index (χ0v) is 10.4. The summed E-state index contributed by atoms with van der Waals surface area (Å²) in [5, 5.41) is 3.44. The fourth-order valence-electron chi connectivity index (χ4n) is 2.58. The van der Waals surface area contributed by atoms with Gasteiger partial charge >= 0.3 is 0 Å². The van der Waals surface area contributed by atoms with E-state index in [9.17, 15) is 4.21 Å². The van der Waals surface area contributed by atoms with Gasteiger partial charge in [-0.15, -0.1) is 0 Å². The Morgan fingerprint density at radius 2 is 2.07 bits per heavy atom. The molecule has 0 bridgehead atoms. The molecular weight excluding hydrogens is 208 g/mol. The Hall–Kier alpha value is 0.0700. The van der Waals surface area contributed by atoms with Crippen LogP contribution in [0.15, 0.2) is 0 Å². The van der Waals surface area contributed by atoms with Gasteiger partial charge in [-0.3, -0.25) is 9.11 Å². The van der Waals surface area contributed by atoms with E-state index in [1.165, 1.54) is 19.4 Å². The maximum Gasteiger partial charge on any atom is 0.0363 e. The third kappa shape index (κ3) is 2.80. The van der Waals surface area contributed by atoms with Crippen LogP contribution in [0.4, 0.5) is 0 Å². The van der Waals surface area contributed by atoms with E-state index in [0.29, 0.717) is 0 Å². The quantitative estimate of drug-likeness (QED) is 0.760. The van der Waals surface area contributed by atoms with Crippen LogP contribution in [-0.4, -0.2) is 52.8 Å². The lowest BCUT2D eigenvalue weighted by molar-refractivity contribution is 0.0700. The summed E-state index contributed by atoms with van der Waals surface area (Å²) in [7, 11) is -0.529. The minimum Gasteiger partial charge on any atom is -0.317 e. The van der Waals surface area contributed by atoms with E-state index >= 15 is 0 Å². The first-order valence-corrected chi connectivity index (χ1v) is 7.59. The van der Waals surface area contributed by atoms with Gasteiger partial charge in [-0.2, -0.15) is 0 Å². The van der Waals surface area contributed by atoms with Crippen molar-refractivity contribution in [1.29, 1.82) is 0 Å². The lowest BCUT2D eigenvalue weighted by atomic mass is 9.78. The highest BCUT2D eigenvalue weighted by Gasteiger charge is 2.35. The third-order valence-electron chi connectivity index (χ3n) is 3.72. The van der Waals surface area contributed by atoms with Crippen LogP contribution in [0.25, 0.3) is 0 Å². The Morgan fingerprint density at radius 3 is 2.60 bits per heavy atom. The summed E-state index contributed by atoms with van der Waals surface area (Å²) in [5.41, 5.74) is 0. The summed E-state index contributed by atoms with van der Waals surface area (Å²) in [6, 6.07) is 0.779. The van der Waals surface area contributed by atoms with E-state index in [1.807, 2.05) is 0 Å². The minimum absolute atomic E-state index is 0.529. The molecule has 2 fully saturated rings. The van der Waals surface area contributed by atoms with Gasteiger partial charge < -0.3 is 5.32 Å². The zero-order chi connectivity index (χ0) is 10.7. The summed E-state index contributed by atoms with van der Waals surface area (Å²) >= 11 is 0. The monoisotopic (exact) mass is 230 g/mol. The van der Waals surface area contributed by atoms with Crippen molar-refractivity contribution in [2.45, 2.75) is 25.8 Å². The number of nitrogens with one attached hydrogen (secondary N) is 1. The second-order valence-corrected chi connectivity index (χ2v) is 6.29. The van der Waals surface area contributed by atoms with Crippen LogP contribution in [0.2, 0.25) is 0 Å². The fraction of sp³-hybridized carbons (Fsp3) is 1.00. The molecule has 2 atom stereocenters. The van der Waals surface area contributed by atoms with E-state index in [0.717, 1.165) is 43.1 Å². The van der Waals surface area contributed by atoms with Crippen molar-refractivity contribution in [2.75, 3.05) is 37.7 Å². The van der Waals surface area contributed by atoms with Crippen LogP contribution >= 0.6 is 0 Å². The lowest BCUT2D eigenvalue weighted by Gasteiger charge is -2.46. The van der Waals surface area contributed by atoms with Crippen molar-refractivity contribution in [3.8, 4) is 0 Å². The molecule has 1 heterocycles.